The predicted molar refractivity (Wildman–Crippen MR) is 90.4 cm³/mol. The number of carbonyl (C=O) groups excluding carboxylic acids is 1. The van der Waals surface area contributed by atoms with Crippen molar-refractivity contribution in [2.75, 3.05) is 30.4 Å². The Morgan fingerprint density at radius 1 is 1.57 bits per heavy atom. The Morgan fingerprint density at radius 3 is 3.00 bits per heavy atom. The van der Waals surface area contributed by atoms with Gasteiger partial charge in [0.2, 0.25) is 0 Å². The van der Waals surface area contributed by atoms with Gasteiger partial charge in [0.1, 0.15) is 10.8 Å². The van der Waals surface area contributed by atoms with Crippen LogP contribution in [-0.4, -0.2) is 46.4 Å². The Labute approximate surface area is 138 Å². The summed E-state index contributed by atoms with van der Waals surface area (Å²) in [4.78, 5) is 22.4. The van der Waals surface area contributed by atoms with Crippen molar-refractivity contribution in [3.63, 3.8) is 0 Å². The molecule has 122 valence electrons. The van der Waals surface area contributed by atoms with Crippen LogP contribution in [0.1, 0.15) is 22.6 Å². The molecule has 0 bridgehead atoms. The molecule has 2 aromatic heterocycles. The summed E-state index contributed by atoms with van der Waals surface area (Å²) in [7, 11) is 1.98. The highest BCUT2D eigenvalue weighted by Gasteiger charge is 2.22. The summed E-state index contributed by atoms with van der Waals surface area (Å²) in [6.07, 6.45) is 2.63. The average Bonchev–Trinajstić information content (AvgIpc) is 3.18. The predicted octanol–water partition coefficient (Wildman–Crippen LogP) is 0.882. The molecule has 0 aromatic carbocycles. The molecule has 9 heteroatoms. The van der Waals surface area contributed by atoms with Crippen LogP contribution in [0.25, 0.3) is 0 Å². The number of nitrogens with one attached hydrogen (secondary N) is 2. The zero-order chi connectivity index (χ0) is 16.4. The molecule has 0 radical (unpaired) electrons. The minimum absolute atomic E-state index is 0.123. The van der Waals surface area contributed by atoms with Crippen molar-refractivity contribution in [3.8, 4) is 0 Å². The van der Waals surface area contributed by atoms with E-state index in [1.54, 1.807) is 6.20 Å². The number of hydrogen-bond donors (Lipinski definition) is 3. The molecule has 4 N–H and O–H groups in total. The van der Waals surface area contributed by atoms with Crippen LogP contribution in [0.2, 0.25) is 0 Å². The highest BCUT2D eigenvalue weighted by atomic mass is 32.1. The van der Waals surface area contributed by atoms with Gasteiger partial charge in [-0.1, -0.05) is 0 Å². The first-order valence-corrected chi connectivity index (χ1v) is 8.12. The summed E-state index contributed by atoms with van der Waals surface area (Å²) < 4.78 is 4.20. The molecule has 8 nitrogen and oxygen atoms in total. The van der Waals surface area contributed by atoms with Crippen molar-refractivity contribution in [1.82, 2.24) is 19.7 Å². The summed E-state index contributed by atoms with van der Waals surface area (Å²) in [5, 5.41) is 7.22. The third kappa shape index (κ3) is 3.40. The van der Waals surface area contributed by atoms with Crippen molar-refractivity contribution < 1.29 is 4.79 Å². The largest absolute Gasteiger partial charge is 0.364 e. The second-order valence-corrected chi connectivity index (χ2v) is 6.31. The molecule has 2 aromatic rings. The van der Waals surface area contributed by atoms with Crippen LogP contribution >= 0.6 is 11.5 Å². The Balaban J connectivity index is 1.90. The quantitative estimate of drug-likeness (QED) is 0.745. The summed E-state index contributed by atoms with van der Waals surface area (Å²) in [5.74, 6) is 0.446. The highest BCUT2D eigenvalue weighted by molar-refractivity contribution is 7.10. The maximum absolute atomic E-state index is 11.6. The molecule has 23 heavy (non-hydrogen) atoms. The van der Waals surface area contributed by atoms with Gasteiger partial charge >= 0.3 is 0 Å². The van der Waals surface area contributed by atoms with Gasteiger partial charge in [0, 0.05) is 19.6 Å². The lowest BCUT2D eigenvalue weighted by Gasteiger charge is -2.25. The van der Waals surface area contributed by atoms with Crippen molar-refractivity contribution in [1.29, 1.82) is 0 Å². The average molecular weight is 333 g/mol. The topological polar surface area (TPSA) is 109 Å². The second kappa shape index (κ2) is 6.47. The Bertz CT molecular complexity index is 711. The van der Waals surface area contributed by atoms with E-state index in [-0.39, 0.29) is 5.69 Å². The van der Waals surface area contributed by atoms with Crippen LogP contribution in [0, 0.1) is 6.92 Å². The first-order chi connectivity index (χ1) is 11.0. The van der Waals surface area contributed by atoms with E-state index < -0.39 is 5.91 Å². The number of aryl methyl sites for hydroxylation is 1. The molecule has 0 aliphatic carbocycles. The van der Waals surface area contributed by atoms with E-state index in [1.165, 1.54) is 11.5 Å². The molecule has 1 atom stereocenters. The normalized spacial score (nSPS) is 17.2. The zero-order valence-corrected chi connectivity index (χ0v) is 13.9. The number of hydrogen-bond acceptors (Lipinski definition) is 8. The number of nitrogens with zero attached hydrogens (tertiary/aromatic N) is 4. The van der Waals surface area contributed by atoms with Crippen LogP contribution in [0.15, 0.2) is 12.3 Å². The van der Waals surface area contributed by atoms with Gasteiger partial charge in [0.05, 0.1) is 11.9 Å². The fraction of sp³-hybridized carbons (Fsp3) is 0.429. The standard InChI is InChI=1S/C14H19N7OS/c1-8-5-11(23-20-8)19-14-12(13(15)22)17-7-10(18-14)21(2)9-3-4-16-6-9/h5,7,9,16H,3-4,6H2,1-2H3,(H2,15,22)(H,18,19)/t9-/m1/s1. The first kappa shape index (κ1) is 15.6. The minimum Gasteiger partial charge on any atom is -0.364 e. The van der Waals surface area contributed by atoms with Gasteiger partial charge in [-0.15, -0.1) is 0 Å². The fourth-order valence-corrected chi connectivity index (χ4v) is 3.17. The van der Waals surface area contributed by atoms with E-state index in [2.05, 4.69) is 29.9 Å². The van der Waals surface area contributed by atoms with E-state index in [0.717, 1.165) is 30.2 Å². The Kier molecular flexibility index (Phi) is 4.39. The van der Waals surface area contributed by atoms with Crippen LogP contribution < -0.4 is 21.3 Å². The van der Waals surface area contributed by atoms with Crippen molar-refractivity contribution in [3.05, 3.63) is 23.7 Å². The number of primary amides is 1. The molecular formula is C14H19N7OS. The van der Waals surface area contributed by atoms with E-state index >= 15 is 0 Å². The smallest absolute Gasteiger partial charge is 0.271 e. The van der Waals surface area contributed by atoms with Gasteiger partial charge in [0.15, 0.2) is 11.5 Å². The summed E-state index contributed by atoms with van der Waals surface area (Å²) in [6.45, 7) is 3.80. The van der Waals surface area contributed by atoms with Gasteiger partial charge in [-0.3, -0.25) is 4.79 Å². The third-order valence-electron chi connectivity index (χ3n) is 3.81. The molecule has 0 saturated carbocycles. The molecule has 1 aliphatic rings. The van der Waals surface area contributed by atoms with Gasteiger partial charge in [-0.05, 0) is 37.5 Å². The van der Waals surface area contributed by atoms with Crippen LogP contribution in [0.4, 0.5) is 16.6 Å². The minimum atomic E-state index is -0.613. The monoisotopic (exact) mass is 333 g/mol. The summed E-state index contributed by atoms with van der Waals surface area (Å²) in [5.41, 5.74) is 6.43. The number of anilines is 3. The summed E-state index contributed by atoms with van der Waals surface area (Å²) >= 11 is 1.30. The number of rotatable bonds is 5. The van der Waals surface area contributed by atoms with Gasteiger partial charge in [-0.25, -0.2) is 9.97 Å². The van der Waals surface area contributed by atoms with Crippen molar-refractivity contribution in [2.45, 2.75) is 19.4 Å². The molecule has 1 amide bonds. The van der Waals surface area contributed by atoms with Crippen LogP contribution in [-0.2, 0) is 0 Å². The maximum Gasteiger partial charge on any atom is 0.271 e. The lowest BCUT2D eigenvalue weighted by Crippen LogP contribution is -2.34. The maximum atomic E-state index is 11.6. The molecular weight excluding hydrogens is 314 g/mol. The van der Waals surface area contributed by atoms with Gasteiger partial charge in [0.25, 0.3) is 5.91 Å². The lowest BCUT2D eigenvalue weighted by atomic mass is 10.2. The fourth-order valence-electron chi connectivity index (χ4n) is 2.51. The molecule has 0 unspecified atom stereocenters. The number of carbonyl (C=O) groups is 1. The van der Waals surface area contributed by atoms with Crippen LogP contribution in [0.3, 0.4) is 0 Å². The molecule has 3 heterocycles. The van der Waals surface area contributed by atoms with E-state index in [4.69, 9.17) is 5.73 Å². The van der Waals surface area contributed by atoms with Gasteiger partial charge < -0.3 is 21.3 Å². The van der Waals surface area contributed by atoms with E-state index in [1.807, 2.05) is 20.0 Å². The number of aromatic nitrogens is 3. The molecule has 1 saturated heterocycles. The Morgan fingerprint density at radius 2 is 2.39 bits per heavy atom. The van der Waals surface area contributed by atoms with Crippen molar-refractivity contribution >= 4 is 34.1 Å². The SMILES string of the molecule is Cc1cc(Nc2nc(N(C)[C@@H]3CCNC3)cnc2C(N)=O)sn1. The highest BCUT2D eigenvalue weighted by Crippen LogP contribution is 2.25. The second-order valence-electron chi connectivity index (χ2n) is 5.50. The third-order valence-corrected chi connectivity index (χ3v) is 4.60. The molecule has 3 rings (SSSR count). The first-order valence-electron chi connectivity index (χ1n) is 7.35. The van der Waals surface area contributed by atoms with Crippen molar-refractivity contribution in [2.24, 2.45) is 5.73 Å². The number of amides is 1. The molecule has 1 fully saturated rings. The van der Waals surface area contributed by atoms with Gasteiger partial charge in [-0.2, -0.15) is 4.37 Å². The molecule has 0 spiro atoms. The summed E-state index contributed by atoms with van der Waals surface area (Å²) in [6, 6.07) is 2.25. The van der Waals surface area contributed by atoms with E-state index in [0.29, 0.717) is 17.7 Å². The zero-order valence-electron chi connectivity index (χ0n) is 13.0. The molecule has 1 aliphatic heterocycles. The van der Waals surface area contributed by atoms with Crippen LogP contribution in [0.5, 0.6) is 0 Å². The number of likely N-dealkylation sites (N-methyl/N-ethyl adjacent to an activating group) is 1. The Hall–Kier alpha value is -2.26. The number of nitrogens with two attached hydrogens (primary N) is 1. The lowest BCUT2D eigenvalue weighted by molar-refractivity contribution is 0.0996. The van der Waals surface area contributed by atoms with E-state index in [9.17, 15) is 4.79 Å².